The van der Waals surface area contributed by atoms with Crippen LogP contribution in [0.1, 0.15) is 93.7 Å². The van der Waals surface area contributed by atoms with Gasteiger partial charge in [-0.1, -0.05) is 94.1 Å². The number of hydrogen-bond donors (Lipinski definition) is 0. The van der Waals surface area contributed by atoms with Crippen LogP contribution in [0.15, 0.2) is 54.6 Å². The van der Waals surface area contributed by atoms with Crippen LogP contribution in [0.3, 0.4) is 0 Å². The minimum absolute atomic E-state index is 0.476. The maximum atomic E-state index is 2.40. The van der Waals surface area contributed by atoms with Gasteiger partial charge in [0.25, 0.3) is 0 Å². The van der Waals surface area contributed by atoms with Crippen molar-refractivity contribution in [3.63, 3.8) is 0 Å². The summed E-state index contributed by atoms with van der Waals surface area (Å²) < 4.78 is 0. The van der Waals surface area contributed by atoms with E-state index in [4.69, 9.17) is 0 Å². The zero-order valence-electron chi connectivity index (χ0n) is 16.1. The first-order valence-electron chi connectivity index (χ1n) is 10.4. The predicted molar refractivity (Wildman–Crippen MR) is 109 cm³/mol. The Morgan fingerprint density at radius 1 is 0.800 bits per heavy atom. The lowest BCUT2D eigenvalue weighted by molar-refractivity contribution is 0.303. The van der Waals surface area contributed by atoms with E-state index in [1.807, 2.05) is 0 Å². The van der Waals surface area contributed by atoms with E-state index in [2.05, 4.69) is 68.4 Å². The molecule has 0 heteroatoms. The second-order valence-electron chi connectivity index (χ2n) is 8.01. The molecular formula is C25H34. The fourth-order valence-corrected chi connectivity index (χ4v) is 4.46. The van der Waals surface area contributed by atoms with Crippen molar-refractivity contribution in [2.24, 2.45) is 5.92 Å². The molecule has 3 rings (SSSR count). The standard InChI is InChI=1S/C25H34/c1-3-4-6-9-21-12-14-24(15-13-21)25-18-16-23(17-19-25)20(2)22-10-7-5-8-11-22/h5,7-8,10-11,16-21,24H,3-4,6,9,12-15H2,1-2H3. The highest BCUT2D eigenvalue weighted by Gasteiger charge is 2.22. The number of benzene rings is 2. The molecule has 1 aliphatic carbocycles. The van der Waals surface area contributed by atoms with Crippen LogP contribution >= 0.6 is 0 Å². The zero-order valence-corrected chi connectivity index (χ0v) is 16.1. The van der Waals surface area contributed by atoms with Crippen LogP contribution in [-0.2, 0) is 0 Å². The fourth-order valence-electron chi connectivity index (χ4n) is 4.46. The van der Waals surface area contributed by atoms with E-state index in [9.17, 15) is 0 Å². The van der Waals surface area contributed by atoms with Gasteiger partial charge in [0.2, 0.25) is 0 Å². The van der Waals surface area contributed by atoms with E-state index in [0.29, 0.717) is 5.92 Å². The van der Waals surface area contributed by atoms with Crippen molar-refractivity contribution < 1.29 is 0 Å². The molecule has 0 amide bonds. The summed E-state index contributed by atoms with van der Waals surface area (Å²) in [5.41, 5.74) is 4.40. The van der Waals surface area contributed by atoms with Gasteiger partial charge in [0.05, 0.1) is 0 Å². The van der Waals surface area contributed by atoms with Crippen molar-refractivity contribution in [3.05, 3.63) is 71.3 Å². The number of rotatable bonds is 7. The zero-order chi connectivity index (χ0) is 17.5. The maximum absolute atomic E-state index is 2.40. The molecule has 0 bridgehead atoms. The van der Waals surface area contributed by atoms with E-state index < -0.39 is 0 Å². The smallest absolute Gasteiger partial charge is 0.00610 e. The first kappa shape index (κ1) is 18.2. The van der Waals surface area contributed by atoms with Gasteiger partial charge < -0.3 is 0 Å². The second-order valence-corrected chi connectivity index (χ2v) is 8.01. The van der Waals surface area contributed by atoms with E-state index >= 15 is 0 Å². The highest BCUT2D eigenvalue weighted by atomic mass is 14.3. The Bertz CT molecular complexity index is 602. The van der Waals surface area contributed by atoms with Crippen LogP contribution in [-0.4, -0.2) is 0 Å². The van der Waals surface area contributed by atoms with Crippen molar-refractivity contribution in [1.29, 1.82) is 0 Å². The summed E-state index contributed by atoms with van der Waals surface area (Å²) in [4.78, 5) is 0. The summed E-state index contributed by atoms with van der Waals surface area (Å²) in [7, 11) is 0. The molecule has 134 valence electrons. The molecule has 0 N–H and O–H groups in total. The average Bonchev–Trinajstić information content (AvgIpc) is 2.69. The first-order valence-corrected chi connectivity index (χ1v) is 10.4. The van der Waals surface area contributed by atoms with Gasteiger partial charge in [0.1, 0.15) is 0 Å². The highest BCUT2D eigenvalue weighted by Crippen LogP contribution is 2.38. The fraction of sp³-hybridized carbons (Fsp3) is 0.520. The Morgan fingerprint density at radius 2 is 1.44 bits per heavy atom. The summed E-state index contributed by atoms with van der Waals surface area (Å²) in [5, 5.41) is 0. The Balaban J connectivity index is 1.55. The monoisotopic (exact) mass is 334 g/mol. The van der Waals surface area contributed by atoms with Gasteiger partial charge in [-0.25, -0.2) is 0 Å². The lowest BCUT2D eigenvalue weighted by Crippen LogP contribution is -2.13. The molecule has 0 spiro atoms. The topological polar surface area (TPSA) is 0 Å². The molecule has 2 aromatic carbocycles. The third kappa shape index (κ3) is 4.97. The van der Waals surface area contributed by atoms with Gasteiger partial charge in [0.15, 0.2) is 0 Å². The van der Waals surface area contributed by atoms with E-state index in [1.165, 1.54) is 62.5 Å². The van der Waals surface area contributed by atoms with E-state index in [-0.39, 0.29) is 0 Å². The van der Waals surface area contributed by atoms with E-state index in [1.54, 1.807) is 5.56 Å². The average molecular weight is 335 g/mol. The summed E-state index contributed by atoms with van der Waals surface area (Å²) in [6, 6.07) is 20.4. The predicted octanol–water partition coefficient (Wildman–Crippen LogP) is 7.69. The molecule has 0 aromatic heterocycles. The van der Waals surface area contributed by atoms with Gasteiger partial charge in [0, 0.05) is 5.92 Å². The van der Waals surface area contributed by atoms with Gasteiger partial charge in [-0.05, 0) is 54.2 Å². The van der Waals surface area contributed by atoms with Gasteiger partial charge in [-0.3, -0.25) is 0 Å². The molecule has 1 aliphatic rings. The molecular weight excluding hydrogens is 300 g/mol. The molecule has 0 saturated heterocycles. The van der Waals surface area contributed by atoms with Crippen molar-refractivity contribution in [1.82, 2.24) is 0 Å². The molecule has 0 aliphatic heterocycles. The Kier molecular flexibility index (Phi) is 6.73. The Hall–Kier alpha value is -1.56. The van der Waals surface area contributed by atoms with Crippen molar-refractivity contribution >= 4 is 0 Å². The summed E-state index contributed by atoms with van der Waals surface area (Å²) >= 11 is 0. The Labute approximate surface area is 154 Å². The summed E-state index contributed by atoms with van der Waals surface area (Å²) in [6.45, 7) is 4.62. The van der Waals surface area contributed by atoms with Crippen LogP contribution in [0.25, 0.3) is 0 Å². The van der Waals surface area contributed by atoms with Crippen molar-refractivity contribution in [3.8, 4) is 0 Å². The largest absolute Gasteiger partial charge is 0.0654 e. The molecule has 1 fully saturated rings. The summed E-state index contributed by atoms with van der Waals surface area (Å²) in [5.74, 6) is 2.27. The molecule has 1 saturated carbocycles. The van der Waals surface area contributed by atoms with Crippen molar-refractivity contribution in [2.45, 2.75) is 77.0 Å². The van der Waals surface area contributed by atoms with E-state index in [0.717, 1.165) is 11.8 Å². The SMILES string of the molecule is CCCCCC1CCC(c2ccc(C(C)c3ccccc3)cc2)CC1. The molecule has 1 atom stereocenters. The third-order valence-corrected chi connectivity index (χ3v) is 6.27. The quantitative estimate of drug-likeness (QED) is 0.455. The van der Waals surface area contributed by atoms with Gasteiger partial charge in [-0.15, -0.1) is 0 Å². The minimum atomic E-state index is 0.476. The van der Waals surface area contributed by atoms with Gasteiger partial charge >= 0.3 is 0 Å². The normalized spacial score (nSPS) is 21.8. The molecule has 0 radical (unpaired) electrons. The lowest BCUT2D eigenvalue weighted by atomic mass is 9.76. The van der Waals surface area contributed by atoms with Crippen LogP contribution in [0.5, 0.6) is 0 Å². The second kappa shape index (κ2) is 9.22. The maximum Gasteiger partial charge on any atom is 0.00610 e. The van der Waals surface area contributed by atoms with Crippen LogP contribution < -0.4 is 0 Å². The van der Waals surface area contributed by atoms with Gasteiger partial charge in [-0.2, -0.15) is 0 Å². The number of unbranched alkanes of at least 4 members (excludes halogenated alkanes) is 2. The highest BCUT2D eigenvalue weighted by molar-refractivity contribution is 5.34. The first-order chi connectivity index (χ1) is 12.3. The lowest BCUT2D eigenvalue weighted by Gasteiger charge is -2.29. The summed E-state index contributed by atoms with van der Waals surface area (Å²) in [6.07, 6.45) is 11.3. The third-order valence-electron chi connectivity index (χ3n) is 6.27. The van der Waals surface area contributed by atoms with Crippen LogP contribution in [0.4, 0.5) is 0 Å². The molecule has 0 nitrogen and oxygen atoms in total. The Morgan fingerprint density at radius 3 is 2.08 bits per heavy atom. The van der Waals surface area contributed by atoms with Crippen LogP contribution in [0, 0.1) is 5.92 Å². The molecule has 2 aromatic rings. The van der Waals surface area contributed by atoms with Crippen LogP contribution in [0.2, 0.25) is 0 Å². The molecule has 25 heavy (non-hydrogen) atoms. The molecule has 0 heterocycles. The minimum Gasteiger partial charge on any atom is -0.0654 e. The molecule has 1 unspecified atom stereocenters. The van der Waals surface area contributed by atoms with Crippen molar-refractivity contribution in [2.75, 3.05) is 0 Å². The number of hydrogen-bond acceptors (Lipinski definition) is 0.